The van der Waals surface area contributed by atoms with Gasteiger partial charge in [-0.3, -0.25) is 4.98 Å². The maximum atomic E-state index is 5.02. The highest BCUT2D eigenvalue weighted by Crippen LogP contribution is 2.31. The van der Waals surface area contributed by atoms with E-state index in [9.17, 15) is 0 Å². The second-order valence-electron chi connectivity index (χ2n) is 7.13. The Morgan fingerprint density at radius 1 is 1.27 bits per heavy atom. The lowest BCUT2D eigenvalue weighted by atomic mass is 9.93. The lowest BCUT2D eigenvalue weighted by Gasteiger charge is -2.28. The molecular formula is C19H25N3. The highest BCUT2D eigenvalue weighted by Gasteiger charge is 2.24. The third kappa shape index (κ3) is 2.53. The van der Waals surface area contributed by atoms with Crippen LogP contribution in [0, 0.1) is 13.8 Å². The van der Waals surface area contributed by atoms with Crippen molar-refractivity contribution in [3.8, 4) is 0 Å². The van der Waals surface area contributed by atoms with Crippen LogP contribution in [-0.2, 0) is 19.5 Å². The average Bonchev–Trinajstić information content (AvgIpc) is 3.28. The van der Waals surface area contributed by atoms with Gasteiger partial charge in [-0.25, -0.2) is 0 Å². The molecule has 3 nitrogen and oxygen atoms in total. The summed E-state index contributed by atoms with van der Waals surface area (Å²) in [4.78, 5) is 7.44. The third-order valence-electron chi connectivity index (χ3n) is 5.03. The first-order chi connectivity index (χ1) is 10.6. The number of pyridine rings is 1. The Bertz CT molecular complexity index is 731. The molecule has 1 aliphatic carbocycles. The molecule has 116 valence electrons. The van der Waals surface area contributed by atoms with Crippen LogP contribution in [0.5, 0.6) is 0 Å². The van der Waals surface area contributed by atoms with Gasteiger partial charge >= 0.3 is 0 Å². The van der Waals surface area contributed by atoms with Crippen molar-refractivity contribution < 1.29 is 0 Å². The molecular weight excluding hydrogens is 270 g/mol. The molecule has 2 aliphatic rings. The van der Waals surface area contributed by atoms with Crippen LogP contribution in [0.3, 0.4) is 0 Å². The lowest BCUT2D eigenvalue weighted by molar-refractivity contribution is 0.308. The summed E-state index contributed by atoms with van der Waals surface area (Å²) in [5, 5.41) is 5.11. The first-order valence-electron chi connectivity index (χ1n) is 8.45. The maximum Gasteiger partial charge on any atom is 0.0714 e. The number of aromatic nitrogens is 1. The molecule has 0 spiro atoms. The van der Waals surface area contributed by atoms with Gasteiger partial charge in [0, 0.05) is 43.2 Å². The molecule has 0 atom stereocenters. The van der Waals surface area contributed by atoms with Gasteiger partial charge in [0.2, 0.25) is 0 Å². The highest BCUT2D eigenvalue weighted by molar-refractivity contribution is 5.87. The van der Waals surface area contributed by atoms with E-state index < -0.39 is 0 Å². The summed E-state index contributed by atoms with van der Waals surface area (Å²) in [6.07, 6.45) is 3.75. The normalized spacial score (nSPS) is 18.7. The SMILES string of the molecule is Cc1cc(C)c2c(CNC3CC3)c3c(nc2c1)CCN(C)C3. The predicted molar refractivity (Wildman–Crippen MR) is 91.1 cm³/mol. The number of benzene rings is 1. The maximum absolute atomic E-state index is 5.02. The lowest BCUT2D eigenvalue weighted by Crippen LogP contribution is -2.29. The Hall–Kier alpha value is -1.45. The monoisotopic (exact) mass is 295 g/mol. The first kappa shape index (κ1) is 14.2. The van der Waals surface area contributed by atoms with Gasteiger partial charge in [-0.15, -0.1) is 0 Å². The zero-order chi connectivity index (χ0) is 15.3. The van der Waals surface area contributed by atoms with Crippen molar-refractivity contribution in [3.05, 3.63) is 40.1 Å². The van der Waals surface area contributed by atoms with Crippen molar-refractivity contribution in [2.45, 2.75) is 52.2 Å². The second kappa shape index (κ2) is 5.32. The number of nitrogens with one attached hydrogen (secondary N) is 1. The Morgan fingerprint density at radius 3 is 2.86 bits per heavy atom. The van der Waals surface area contributed by atoms with Crippen molar-refractivity contribution in [2.24, 2.45) is 0 Å². The fraction of sp³-hybridized carbons (Fsp3) is 0.526. The zero-order valence-corrected chi connectivity index (χ0v) is 13.9. The summed E-state index contributed by atoms with van der Waals surface area (Å²) < 4.78 is 0. The van der Waals surface area contributed by atoms with E-state index in [-0.39, 0.29) is 0 Å². The summed E-state index contributed by atoms with van der Waals surface area (Å²) in [5.74, 6) is 0. The molecule has 1 N–H and O–H groups in total. The van der Waals surface area contributed by atoms with Crippen molar-refractivity contribution in [1.82, 2.24) is 15.2 Å². The first-order valence-corrected chi connectivity index (χ1v) is 8.45. The fourth-order valence-electron chi connectivity index (χ4n) is 3.73. The Balaban J connectivity index is 1.90. The van der Waals surface area contributed by atoms with E-state index in [4.69, 9.17) is 4.98 Å². The fourth-order valence-corrected chi connectivity index (χ4v) is 3.73. The third-order valence-corrected chi connectivity index (χ3v) is 5.03. The molecule has 22 heavy (non-hydrogen) atoms. The molecule has 1 saturated carbocycles. The standard InChI is InChI=1S/C19H25N3/c1-12-8-13(2)19-15(10-20-14-4-5-14)16-11-22(3)7-6-17(16)21-18(19)9-12/h8-9,14,20H,4-7,10-11H2,1-3H3. The Labute approximate surface area is 132 Å². The average molecular weight is 295 g/mol. The van der Waals surface area contributed by atoms with Crippen molar-refractivity contribution in [2.75, 3.05) is 13.6 Å². The van der Waals surface area contributed by atoms with Crippen LogP contribution in [0.1, 0.15) is 40.8 Å². The molecule has 0 bridgehead atoms. The summed E-state index contributed by atoms with van der Waals surface area (Å²) >= 11 is 0. The largest absolute Gasteiger partial charge is 0.310 e. The Kier molecular flexibility index (Phi) is 3.43. The van der Waals surface area contributed by atoms with E-state index in [1.807, 2.05) is 0 Å². The summed E-state index contributed by atoms with van der Waals surface area (Å²) in [7, 11) is 2.22. The number of hydrogen-bond acceptors (Lipinski definition) is 3. The molecule has 0 radical (unpaired) electrons. The van der Waals surface area contributed by atoms with Crippen LogP contribution in [0.4, 0.5) is 0 Å². The number of hydrogen-bond donors (Lipinski definition) is 1. The van der Waals surface area contributed by atoms with Gasteiger partial charge in [0.25, 0.3) is 0 Å². The van der Waals surface area contributed by atoms with Crippen LogP contribution in [0.25, 0.3) is 10.9 Å². The smallest absolute Gasteiger partial charge is 0.0714 e. The molecule has 1 fully saturated rings. The van der Waals surface area contributed by atoms with Crippen molar-refractivity contribution >= 4 is 10.9 Å². The zero-order valence-electron chi connectivity index (χ0n) is 13.9. The van der Waals surface area contributed by atoms with E-state index in [1.54, 1.807) is 0 Å². The van der Waals surface area contributed by atoms with Gasteiger partial charge in [0.1, 0.15) is 0 Å². The Morgan fingerprint density at radius 2 is 2.09 bits per heavy atom. The van der Waals surface area contributed by atoms with Gasteiger partial charge in [-0.2, -0.15) is 0 Å². The molecule has 2 aromatic rings. The minimum atomic E-state index is 0.742. The summed E-state index contributed by atoms with van der Waals surface area (Å²) in [5.41, 5.74) is 8.16. The predicted octanol–water partition coefficient (Wildman–Crippen LogP) is 3.09. The summed E-state index contributed by atoms with van der Waals surface area (Å²) in [6, 6.07) is 5.29. The van der Waals surface area contributed by atoms with E-state index in [1.165, 1.54) is 51.7 Å². The van der Waals surface area contributed by atoms with Gasteiger partial charge < -0.3 is 10.2 Å². The number of nitrogens with zero attached hydrogens (tertiary/aromatic N) is 2. The number of rotatable bonds is 3. The van der Waals surface area contributed by atoms with Gasteiger partial charge in [0.05, 0.1) is 5.52 Å². The molecule has 0 unspecified atom stereocenters. The van der Waals surface area contributed by atoms with Gasteiger partial charge in [-0.05, 0) is 62.1 Å². The molecule has 2 heterocycles. The van der Waals surface area contributed by atoms with E-state index in [0.717, 1.165) is 32.1 Å². The van der Waals surface area contributed by atoms with Crippen LogP contribution in [-0.4, -0.2) is 29.5 Å². The second-order valence-corrected chi connectivity index (χ2v) is 7.13. The van der Waals surface area contributed by atoms with Gasteiger partial charge in [0.15, 0.2) is 0 Å². The summed E-state index contributed by atoms with van der Waals surface area (Å²) in [6.45, 7) is 7.54. The van der Waals surface area contributed by atoms with E-state index >= 15 is 0 Å². The topological polar surface area (TPSA) is 28.2 Å². The molecule has 0 amide bonds. The molecule has 1 aromatic heterocycles. The highest BCUT2D eigenvalue weighted by atomic mass is 15.1. The molecule has 1 aliphatic heterocycles. The molecule has 1 aromatic carbocycles. The van der Waals surface area contributed by atoms with Crippen LogP contribution >= 0.6 is 0 Å². The number of likely N-dealkylation sites (N-methyl/N-ethyl adjacent to an activating group) is 1. The van der Waals surface area contributed by atoms with Crippen LogP contribution in [0.15, 0.2) is 12.1 Å². The van der Waals surface area contributed by atoms with Crippen LogP contribution < -0.4 is 5.32 Å². The number of fused-ring (bicyclic) bond motifs is 2. The molecule has 0 saturated heterocycles. The molecule has 3 heteroatoms. The van der Waals surface area contributed by atoms with E-state index in [0.29, 0.717) is 0 Å². The minimum Gasteiger partial charge on any atom is -0.310 e. The number of aryl methyl sites for hydroxylation is 2. The quantitative estimate of drug-likeness (QED) is 0.943. The van der Waals surface area contributed by atoms with Crippen molar-refractivity contribution in [3.63, 3.8) is 0 Å². The van der Waals surface area contributed by atoms with Crippen LogP contribution in [0.2, 0.25) is 0 Å². The van der Waals surface area contributed by atoms with Gasteiger partial charge in [-0.1, -0.05) is 6.07 Å². The minimum absolute atomic E-state index is 0.742. The van der Waals surface area contributed by atoms with Crippen molar-refractivity contribution in [1.29, 1.82) is 0 Å². The molecule has 4 rings (SSSR count). The van der Waals surface area contributed by atoms with E-state index in [2.05, 4.69) is 43.2 Å².